The normalized spacial score (nSPS) is 9.96. The predicted molar refractivity (Wildman–Crippen MR) is 93.9 cm³/mol. The maximum absolute atomic E-state index is 13.3. The van der Waals surface area contributed by atoms with Crippen molar-refractivity contribution in [1.82, 2.24) is 15.5 Å². The van der Waals surface area contributed by atoms with E-state index in [1.807, 2.05) is 17.5 Å². The lowest BCUT2D eigenvalue weighted by Gasteiger charge is -2.01. The van der Waals surface area contributed by atoms with Crippen LogP contribution in [0.1, 0.15) is 10.5 Å². The maximum Gasteiger partial charge on any atom is 0.272 e. The molecule has 0 aliphatic rings. The van der Waals surface area contributed by atoms with Crippen LogP contribution in [0.25, 0.3) is 10.6 Å². The van der Waals surface area contributed by atoms with Gasteiger partial charge in [-0.05, 0) is 29.6 Å². The first-order chi connectivity index (χ1) is 12.2. The lowest BCUT2D eigenvalue weighted by molar-refractivity contribution is 0.0953. The molecule has 1 amide bonds. The minimum Gasteiger partial charge on any atom is -0.478 e. The highest BCUT2D eigenvalue weighted by Crippen LogP contribution is 2.22. The molecule has 0 spiro atoms. The van der Waals surface area contributed by atoms with E-state index in [2.05, 4.69) is 27.4 Å². The second-order valence-electron chi connectivity index (χ2n) is 4.90. The van der Waals surface area contributed by atoms with Gasteiger partial charge in [-0.1, -0.05) is 30.0 Å². The molecule has 0 radical (unpaired) electrons. The average molecular weight is 355 g/mol. The summed E-state index contributed by atoms with van der Waals surface area (Å²) in [6.45, 7) is 0.197. The second-order valence-corrected chi connectivity index (χ2v) is 5.85. The number of benzene rings is 1. The lowest BCUT2D eigenvalue weighted by Crippen LogP contribution is -2.24. The summed E-state index contributed by atoms with van der Waals surface area (Å²) in [6, 6.07) is 11.7. The number of ether oxygens (including phenoxy) is 1. The van der Waals surface area contributed by atoms with Crippen molar-refractivity contribution in [2.45, 2.75) is 0 Å². The van der Waals surface area contributed by atoms with Gasteiger partial charge in [0.25, 0.3) is 5.91 Å². The third-order valence-electron chi connectivity index (χ3n) is 3.20. The van der Waals surface area contributed by atoms with Crippen molar-refractivity contribution >= 4 is 17.2 Å². The van der Waals surface area contributed by atoms with E-state index in [0.29, 0.717) is 5.69 Å². The van der Waals surface area contributed by atoms with Crippen molar-refractivity contribution in [2.24, 2.45) is 0 Å². The molecule has 0 aliphatic carbocycles. The van der Waals surface area contributed by atoms with Crippen LogP contribution in [0.4, 0.5) is 4.39 Å². The van der Waals surface area contributed by atoms with Gasteiger partial charge in [-0.25, -0.2) is 4.39 Å². The van der Waals surface area contributed by atoms with Gasteiger partial charge in [0, 0.05) is 0 Å². The monoisotopic (exact) mass is 355 g/mol. The third kappa shape index (κ3) is 4.46. The molecule has 0 unspecified atom stereocenters. The summed E-state index contributed by atoms with van der Waals surface area (Å²) >= 11 is 1.56. The molecule has 25 heavy (non-hydrogen) atoms. The summed E-state index contributed by atoms with van der Waals surface area (Å²) in [5.41, 5.74) is 1.09. The van der Waals surface area contributed by atoms with E-state index < -0.39 is 5.82 Å². The van der Waals surface area contributed by atoms with Crippen LogP contribution in [0.3, 0.4) is 0 Å². The van der Waals surface area contributed by atoms with Gasteiger partial charge in [-0.15, -0.1) is 11.3 Å². The number of para-hydroxylation sites is 1. The zero-order valence-electron chi connectivity index (χ0n) is 13.1. The molecule has 3 aromatic rings. The molecule has 2 N–H and O–H groups in total. The van der Waals surface area contributed by atoms with E-state index in [0.717, 1.165) is 10.6 Å². The van der Waals surface area contributed by atoms with Crippen LogP contribution in [0.15, 0.2) is 47.8 Å². The molecular weight excluding hydrogens is 341 g/mol. The third-order valence-corrected chi connectivity index (χ3v) is 4.10. The molecule has 2 heterocycles. The molecule has 0 saturated heterocycles. The fourth-order valence-corrected chi connectivity index (χ4v) is 2.69. The van der Waals surface area contributed by atoms with Crippen LogP contribution in [0.5, 0.6) is 5.75 Å². The van der Waals surface area contributed by atoms with Crippen LogP contribution in [0.2, 0.25) is 0 Å². The number of nitrogens with one attached hydrogen (secondary N) is 2. The highest BCUT2D eigenvalue weighted by atomic mass is 32.1. The predicted octanol–water partition coefficient (Wildman–Crippen LogP) is 3.09. The number of nitrogens with zero attached hydrogens (tertiary/aromatic N) is 1. The van der Waals surface area contributed by atoms with E-state index in [-0.39, 0.29) is 24.8 Å². The van der Waals surface area contributed by atoms with Gasteiger partial charge in [0.2, 0.25) is 0 Å². The zero-order chi connectivity index (χ0) is 17.5. The second kappa shape index (κ2) is 8.13. The van der Waals surface area contributed by atoms with Crippen LogP contribution < -0.4 is 10.1 Å². The van der Waals surface area contributed by atoms with Crippen molar-refractivity contribution in [3.05, 3.63) is 59.4 Å². The number of rotatable bonds is 5. The van der Waals surface area contributed by atoms with Gasteiger partial charge < -0.3 is 10.1 Å². The molecule has 0 aliphatic heterocycles. The Labute approximate surface area is 147 Å². The van der Waals surface area contributed by atoms with Crippen molar-refractivity contribution in [2.75, 3.05) is 13.2 Å². The van der Waals surface area contributed by atoms with Crippen LogP contribution >= 0.6 is 11.3 Å². The first-order valence-electron chi connectivity index (χ1n) is 7.44. The Balaban J connectivity index is 1.45. The van der Waals surface area contributed by atoms with Gasteiger partial charge in [0.15, 0.2) is 17.3 Å². The van der Waals surface area contributed by atoms with Crippen LogP contribution in [0, 0.1) is 17.7 Å². The van der Waals surface area contributed by atoms with E-state index in [9.17, 15) is 9.18 Å². The SMILES string of the molecule is O=C(NCC#CCOc1ccccc1F)c1cc(-c2cccs2)[nH]n1. The van der Waals surface area contributed by atoms with E-state index in [1.54, 1.807) is 29.5 Å². The molecule has 0 atom stereocenters. The fourth-order valence-electron chi connectivity index (χ4n) is 2.00. The molecule has 126 valence electrons. The minimum absolute atomic E-state index is 0.0434. The Hall–Kier alpha value is -3.11. The molecule has 7 heteroatoms. The van der Waals surface area contributed by atoms with Crippen molar-refractivity contribution < 1.29 is 13.9 Å². The summed E-state index contributed by atoms with van der Waals surface area (Å²) in [4.78, 5) is 13.0. The standard InChI is InChI=1S/C18H14FN3O2S/c19-13-6-1-2-7-16(13)24-10-4-3-9-20-18(23)15-12-14(21-22-15)17-8-5-11-25-17/h1-2,5-8,11-12H,9-10H2,(H,20,23)(H,21,22). The molecule has 1 aromatic carbocycles. The molecule has 0 fully saturated rings. The van der Waals surface area contributed by atoms with Gasteiger partial charge in [0.1, 0.15) is 6.61 Å². The fraction of sp³-hybridized carbons (Fsp3) is 0.111. The average Bonchev–Trinajstić information content (AvgIpc) is 3.30. The number of thiophene rings is 1. The number of hydrogen-bond acceptors (Lipinski definition) is 4. The van der Waals surface area contributed by atoms with E-state index in [1.165, 1.54) is 12.1 Å². The number of halogens is 1. The Morgan fingerprint density at radius 3 is 2.96 bits per heavy atom. The van der Waals surface area contributed by atoms with Crippen molar-refractivity contribution in [3.8, 4) is 28.2 Å². The Morgan fingerprint density at radius 2 is 2.16 bits per heavy atom. The van der Waals surface area contributed by atoms with Crippen LogP contribution in [-0.2, 0) is 0 Å². The highest BCUT2D eigenvalue weighted by molar-refractivity contribution is 7.13. The number of aromatic nitrogens is 2. The number of H-pyrrole nitrogens is 1. The number of aromatic amines is 1. The zero-order valence-corrected chi connectivity index (χ0v) is 13.9. The van der Waals surface area contributed by atoms with Gasteiger partial charge in [-0.2, -0.15) is 5.10 Å². The number of carbonyl (C=O) groups excluding carboxylic acids is 1. The first kappa shape index (κ1) is 16.7. The minimum atomic E-state index is -0.433. The Bertz CT molecular complexity index is 910. The van der Waals surface area contributed by atoms with E-state index in [4.69, 9.17) is 4.74 Å². The van der Waals surface area contributed by atoms with Crippen LogP contribution in [-0.4, -0.2) is 29.3 Å². The number of amides is 1. The lowest BCUT2D eigenvalue weighted by atomic mass is 10.3. The molecule has 5 nitrogen and oxygen atoms in total. The smallest absolute Gasteiger partial charge is 0.272 e. The summed E-state index contributed by atoms with van der Waals surface area (Å²) in [5.74, 6) is 4.86. The molecule has 0 bridgehead atoms. The molecule has 3 rings (SSSR count). The summed E-state index contributed by atoms with van der Waals surface area (Å²) in [5, 5.41) is 11.4. The van der Waals surface area contributed by atoms with Gasteiger partial charge >= 0.3 is 0 Å². The van der Waals surface area contributed by atoms with Crippen molar-refractivity contribution in [3.63, 3.8) is 0 Å². The number of carbonyl (C=O) groups is 1. The number of hydrogen-bond donors (Lipinski definition) is 2. The Morgan fingerprint density at radius 1 is 1.28 bits per heavy atom. The Kier molecular flexibility index (Phi) is 5.44. The van der Waals surface area contributed by atoms with Crippen molar-refractivity contribution in [1.29, 1.82) is 0 Å². The van der Waals surface area contributed by atoms with Gasteiger partial charge in [0.05, 0.1) is 17.1 Å². The van der Waals surface area contributed by atoms with Gasteiger partial charge in [-0.3, -0.25) is 9.89 Å². The maximum atomic E-state index is 13.3. The summed E-state index contributed by atoms with van der Waals surface area (Å²) < 4.78 is 18.5. The summed E-state index contributed by atoms with van der Waals surface area (Å²) in [7, 11) is 0. The topological polar surface area (TPSA) is 67.0 Å². The van der Waals surface area contributed by atoms with E-state index >= 15 is 0 Å². The molecular formula is C18H14FN3O2S. The summed E-state index contributed by atoms with van der Waals surface area (Å²) in [6.07, 6.45) is 0. The highest BCUT2D eigenvalue weighted by Gasteiger charge is 2.10. The molecule has 0 saturated carbocycles. The first-order valence-corrected chi connectivity index (χ1v) is 8.32. The molecule has 2 aromatic heterocycles. The largest absolute Gasteiger partial charge is 0.478 e. The quantitative estimate of drug-likeness (QED) is 0.691.